The third-order valence-corrected chi connectivity index (χ3v) is 3.11. The molecule has 0 aromatic heterocycles. The quantitative estimate of drug-likeness (QED) is 0.360. The average Bonchev–Trinajstić information content (AvgIpc) is 2.54. The second kappa shape index (κ2) is 7.42. The van der Waals surface area contributed by atoms with Crippen molar-refractivity contribution in [2.45, 2.75) is 0 Å². The molecule has 0 aliphatic heterocycles. The van der Waals surface area contributed by atoms with E-state index in [1.165, 1.54) is 25.3 Å². The van der Waals surface area contributed by atoms with Crippen molar-refractivity contribution in [3.63, 3.8) is 0 Å². The highest BCUT2D eigenvalue weighted by Gasteiger charge is 2.12. The minimum absolute atomic E-state index is 0.214. The molecule has 0 heterocycles. The zero-order valence-corrected chi connectivity index (χ0v) is 12.8. The Morgan fingerprint density at radius 2 is 1.87 bits per heavy atom. The number of rotatable bonds is 5. The Labute approximate surface area is 137 Å². The maximum atomic E-state index is 12.1. The van der Waals surface area contributed by atoms with E-state index < -0.39 is 10.9 Å². The van der Waals surface area contributed by atoms with Gasteiger partial charge in [-0.15, -0.1) is 0 Å². The lowest BCUT2D eigenvalue weighted by atomic mass is 10.2. The molecule has 6 nitrogen and oxygen atoms in total. The van der Waals surface area contributed by atoms with Crippen LogP contribution >= 0.6 is 11.6 Å². The Balaban J connectivity index is 2.20. The Kier molecular flexibility index (Phi) is 5.32. The standard InChI is InChI=1S/C16H12ClNO5/c1-22-15-10-11(8-9-18(20)21)2-7-14(15)23-16(19)12-3-5-13(17)6-4-12/h2-10H,1H3. The summed E-state index contributed by atoms with van der Waals surface area (Å²) >= 11 is 5.77. The first-order valence-electron chi connectivity index (χ1n) is 6.47. The molecular formula is C16H12ClNO5. The van der Waals surface area contributed by atoms with Crippen molar-refractivity contribution in [3.8, 4) is 11.5 Å². The number of nitrogens with zero attached hydrogens (tertiary/aromatic N) is 1. The lowest BCUT2D eigenvalue weighted by molar-refractivity contribution is -0.400. The van der Waals surface area contributed by atoms with Crippen molar-refractivity contribution in [2.24, 2.45) is 0 Å². The van der Waals surface area contributed by atoms with Crippen molar-refractivity contribution in [3.05, 3.63) is 74.9 Å². The van der Waals surface area contributed by atoms with Crippen LogP contribution in [0.25, 0.3) is 6.08 Å². The van der Waals surface area contributed by atoms with Crippen LogP contribution in [0.5, 0.6) is 11.5 Å². The first-order valence-corrected chi connectivity index (χ1v) is 6.85. The van der Waals surface area contributed by atoms with Gasteiger partial charge in [-0.25, -0.2) is 4.79 Å². The predicted molar refractivity (Wildman–Crippen MR) is 85.4 cm³/mol. The SMILES string of the molecule is COc1cc(C=C[N+](=O)[O-])ccc1OC(=O)c1ccc(Cl)cc1. The van der Waals surface area contributed by atoms with Gasteiger partial charge in [-0.3, -0.25) is 10.1 Å². The molecule has 0 bridgehead atoms. The van der Waals surface area contributed by atoms with Crippen LogP contribution in [0.15, 0.2) is 48.7 Å². The van der Waals surface area contributed by atoms with Gasteiger partial charge >= 0.3 is 5.97 Å². The first kappa shape index (κ1) is 16.5. The highest BCUT2D eigenvalue weighted by Crippen LogP contribution is 2.29. The van der Waals surface area contributed by atoms with E-state index in [2.05, 4.69) is 0 Å². The largest absolute Gasteiger partial charge is 0.493 e. The summed E-state index contributed by atoms with van der Waals surface area (Å²) in [7, 11) is 1.41. The maximum absolute atomic E-state index is 12.1. The van der Waals surface area contributed by atoms with Crippen LogP contribution < -0.4 is 9.47 Å². The lowest BCUT2D eigenvalue weighted by Crippen LogP contribution is -2.09. The smallest absolute Gasteiger partial charge is 0.343 e. The normalized spacial score (nSPS) is 10.5. The number of esters is 1. The van der Waals surface area contributed by atoms with Crippen LogP contribution in [-0.2, 0) is 0 Å². The third-order valence-electron chi connectivity index (χ3n) is 2.86. The molecule has 0 spiro atoms. The van der Waals surface area contributed by atoms with Crippen LogP contribution in [-0.4, -0.2) is 18.0 Å². The Morgan fingerprint density at radius 3 is 2.48 bits per heavy atom. The molecule has 0 saturated heterocycles. The molecule has 23 heavy (non-hydrogen) atoms. The lowest BCUT2D eigenvalue weighted by Gasteiger charge is -2.10. The zero-order valence-electron chi connectivity index (χ0n) is 12.1. The first-order chi connectivity index (χ1) is 11.0. The molecule has 118 valence electrons. The van der Waals surface area contributed by atoms with Crippen molar-refractivity contribution < 1.29 is 19.2 Å². The minimum atomic E-state index is -0.569. The number of benzene rings is 2. The van der Waals surface area contributed by atoms with Gasteiger partial charge in [0, 0.05) is 11.1 Å². The maximum Gasteiger partial charge on any atom is 0.343 e. The Hall–Kier alpha value is -2.86. The molecule has 0 aliphatic rings. The molecule has 2 aromatic rings. The summed E-state index contributed by atoms with van der Waals surface area (Å²) in [5.41, 5.74) is 0.888. The number of nitro groups is 1. The average molecular weight is 334 g/mol. The van der Waals surface area contributed by atoms with Gasteiger partial charge < -0.3 is 9.47 Å². The van der Waals surface area contributed by atoms with Crippen molar-refractivity contribution in [1.82, 2.24) is 0 Å². The van der Waals surface area contributed by atoms with E-state index in [1.807, 2.05) is 0 Å². The number of methoxy groups -OCH3 is 1. The fourth-order valence-corrected chi connectivity index (χ4v) is 1.89. The number of hydrogen-bond acceptors (Lipinski definition) is 5. The number of hydrogen-bond donors (Lipinski definition) is 0. The summed E-state index contributed by atoms with van der Waals surface area (Å²) < 4.78 is 10.4. The van der Waals surface area contributed by atoms with Gasteiger partial charge in [0.2, 0.25) is 6.20 Å². The Morgan fingerprint density at radius 1 is 1.17 bits per heavy atom. The predicted octanol–water partition coefficient (Wildman–Crippen LogP) is 3.82. The summed E-state index contributed by atoms with van der Waals surface area (Å²) in [5.74, 6) is -0.0583. The van der Waals surface area contributed by atoms with E-state index in [1.54, 1.807) is 30.3 Å². The zero-order chi connectivity index (χ0) is 16.8. The van der Waals surface area contributed by atoms with E-state index in [-0.39, 0.29) is 11.5 Å². The van der Waals surface area contributed by atoms with Crippen LogP contribution in [0.4, 0.5) is 0 Å². The van der Waals surface area contributed by atoms with Crippen LogP contribution in [0, 0.1) is 10.1 Å². The van der Waals surface area contributed by atoms with Crippen LogP contribution in [0.2, 0.25) is 5.02 Å². The van der Waals surface area contributed by atoms with E-state index in [0.717, 1.165) is 6.20 Å². The summed E-state index contributed by atoms with van der Waals surface area (Å²) in [6, 6.07) is 10.9. The van der Waals surface area contributed by atoms with Gasteiger partial charge in [-0.1, -0.05) is 17.7 Å². The highest BCUT2D eigenvalue weighted by molar-refractivity contribution is 6.30. The molecule has 2 rings (SSSR count). The van der Waals surface area contributed by atoms with Crippen molar-refractivity contribution >= 4 is 23.6 Å². The molecule has 2 aromatic carbocycles. The molecule has 0 amide bonds. The summed E-state index contributed by atoms with van der Waals surface area (Å²) in [6.45, 7) is 0. The number of carbonyl (C=O) groups is 1. The van der Waals surface area contributed by atoms with E-state index in [9.17, 15) is 14.9 Å². The Bertz CT molecular complexity index is 756. The fourth-order valence-electron chi connectivity index (χ4n) is 1.76. The second-order valence-corrected chi connectivity index (χ2v) is 4.84. The highest BCUT2D eigenvalue weighted by atomic mass is 35.5. The molecule has 0 saturated carbocycles. The minimum Gasteiger partial charge on any atom is -0.493 e. The van der Waals surface area contributed by atoms with Gasteiger partial charge in [0.05, 0.1) is 17.6 Å². The van der Waals surface area contributed by atoms with Gasteiger partial charge in [0.15, 0.2) is 11.5 Å². The summed E-state index contributed by atoms with van der Waals surface area (Å²) in [5, 5.41) is 10.8. The molecule has 0 unspecified atom stereocenters. The van der Waals surface area contributed by atoms with Crippen LogP contribution in [0.1, 0.15) is 15.9 Å². The van der Waals surface area contributed by atoms with Crippen molar-refractivity contribution in [2.75, 3.05) is 7.11 Å². The van der Waals surface area contributed by atoms with Gasteiger partial charge in [0.25, 0.3) is 0 Å². The molecular weight excluding hydrogens is 322 g/mol. The summed E-state index contributed by atoms with van der Waals surface area (Å²) in [4.78, 5) is 21.8. The third kappa shape index (κ3) is 4.55. The topological polar surface area (TPSA) is 78.7 Å². The number of ether oxygens (including phenoxy) is 2. The monoisotopic (exact) mass is 333 g/mol. The van der Waals surface area contributed by atoms with E-state index >= 15 is 0 Å². The van der Waals surface area contributed by atoms with E-state index in [4.69, 9.17) is 21.1 Å². The molecule has 0 N–H and O–H groups in total. The second-order valence-electron chi connectivity index (χ2n) is 4.41. The van der Waals surface area contributed by atoms with Gasteiger partial charge in [-0.05, 0) is 42.0 Å². The van der Waals surface area contributed by atoms with Crippen LogP contribution in [0.3, 0.4) is 0 Å². The number of carbonyl (C=O) groups excluding carboxylic acids is 1. The van der Waals surface area contributed by atoms with Gasteiger partial charge in [-0.2, -0.15) is 0 Å². The van der Waals surface area contributed by atoms with E-state index in [0.29, 0.717) is 16.1 Å². The van der Waals surface area contributed by atoms with Gasteiger partial charge in [0.1, 0.15) is 0 Å². The molecule has 0 atom stereocenters. The molecule has 7 heteroatoms. The molecule has 0 fully saturated rings. The molecule has 0 aliphatic carbocycles. The number of halogens is 1. The van der Waals surface area contributed by atoms with Crippen molar-refractivity contribution in [1.29, 1.82) is 0 Å². The molecule has 0 radical (unpaired) electrons. The summed E-state index contributed by atoms with van der Waals surface area (Å²) in [6.07, 6.45) is 2.13. The fraction of sp³-hybridized carbons (Fsp3) is 0.0625.